The minimum atomic E-state index is -0.305. The maximum Gasteiger partial charge on any atom is 0.248 e. The lowest BCUT2D eigenvalue weighted by molar-refractivity contribution is -0.135. The molecule has 1 aromatic heterocycles. The fourth-order valence-corrected chi connectivity index (χ4v) is 3.40. The Labute approximate surface area is 159 Å². The average molecular weight is 372 g/mol. The van der Waals surface area contributed by atoms with Crippen LogP contribution in [0.15, 0.2) is 24.3 Å². The van der Waals surface area contributed by atoms with Crippen molar-refractivity contribution < 1.29 is 13.9 Å². The van der Waals surface area contributed by atoms with E-state index < -0.39 is 0 Å². The molecule has 0 spiro atoms. The molecule has 27 heavy (non-hydrogen) atoms. The number of halogens is 1. The van der Waals surface area contributed by atoms with Crippen molar-refractivity contribution in [2.75, 3.05) is 44.8 Å². The van der Waals surface area contributed by atoms with Gasteiger partial charge in [0.2, 0.25) is 5.91 Å². The van der Waals surface area contributed by atoms with E-state index in [0.717, 1.165) is 23.5 Å². The Bertz CT molecular complexity index is 820. The molecule has 1 fully saturated rings. The fourth-order valence-electron chi connectivity index (χ4n) is 3.40. The minimum absolute atomic E-state index is 0.00665. The highest BCUT2D eigenvalue weighted by Gasteiger charge is 2.24. The van der Waals surface area contributed by atoms with Gasteiger partial charge in [-0.1, -0.05) is 19.1 Å². The standard InChI is InChI=1S/C20H25FN4O2/c1-4-17-14(2)22-19(15-6-5-7-16(21)12-15)23-20(17)25-10-8-24(9-11-25)18(26)13-27-3/h5-7,12H,4,8-11,13H2,1-3H3. The summed E-state index contributed by atoms with van der Waals surface area (Å²) in [4.78, 5) is 25.4. The number of anilines is 1. The van der Waals surface area contributed by atoms with Gasteiger partial charge in [-0.05, 0) is 25.5 Å². The van der Waals surface area contributed by atoms with E-state index in [1.807, 2.05) is 17.9 Å². The van der Waals surface area contributed by atoms with Crippen molar-refractivity contribution in [3.05, 3.63) is 41.3 Å². The molecule has 1 aromatic carbocycles. The van der Waals surface area contributed by atoms with Crippen LogP contribution in [0, 0.1) is 12.7 Å². The molecule has 2 heterocycles. The highest BCUT2D eigenvalue weighted by molar-refractivity contribution is 5.77. The molecule has 0 N–H and O–H groups in total. The molecule has 0 unspecified atom stereocenters. The number of carbonyl (C=O) groups excluding carboxylic acids is 1. The number of aromatic nitrogens is 2. The Morgan fingerprint density at radius 2 is 1.96 bits per heavy atom. The van der Waals surface area contributed by atoms with E-state index in [4.69, 9.17) is 9.72 Å². The summed E-state index contributed by atoms with van der Waals surface area (Å²) in [5, 5.41) is 0. The van der Waals surface area contributed by atoms with Gasteiger partial charge in [-0.3, -0.25) is 4.79 Å². The summed E-state index contributed by atoms with van der Waals surface area (Å²) in [6, 6.07) is 6.34. The molecule has 2 aromatic rings. The molecule has 0 aliphatic carbocycles. The summed E-state index contributed by atoms with van der Waals surface area (Å²) in [7, 11) is 1.53. The number of benzene rings is 1. The van der Waals surface area contributed by atoms with Gasteiger partial charge in [-0.25, -0.2) is 14.4 Å². The van der Waals surface area contributed by atoms with Gasteiger partial charge in [0, 0.05) is 50.1 Å². The van der Waals surface area contributed by atoms with Crippen LogP contribution < -0.4 is 4.90 Å². The first-order valence-corrected chi connectivity index (χ1v) is 9.18. The predicted octanol–water partition coefficient (Wildman–Crippen LogP) is 2.45. The van der Waals surface area contributed by atoms with Crippen LogP contribution in [0.25, 0.3) is 11.4 Å². The number of aryl methyl sites for hydroxylation is 1. The molecule has 1 amide bonds. The van der Waals surface area contributed by atoms with E-state index in [1.54, 1.807) is 6.07 Å². The number of piperazine rings is 1. The van der Waals surface area contributed by atoms with Crippen LogP contribution in [0.2, 0.25) is 0 Å². The Balaban J connectivity index is 1.87. The van der Waals surface area contributed by atoms with Gasteiger partial charge >= 0.3 is 0 Å². The Morgan fingerprint density at radius 3 is 2.59 bits per heavy atom. The number of hydrogen-bond acceptors (Lipinski definition) is 5. The zero-order valence-corrected chi connectivity index (χ0v) is 16.0. The number of nitrogens with zero attached hydrogens (tertiary/aromatic N) is 4. The third-order valence-corrected chi connectivity index (χ3v) is 4.83. The molecule has 144 valence electrons. The van der Waals surface area contributed by atoms with Gasteiger partial charge in [0.1, 0.15) is 18.2 Å². The molecule has 0 atom stereocenters. The van der Waals surface area contributed by atoms with Crippen molar-refractivity contribution in [2.24, 2.45) is 0 Å². The fraction of sp³-hybridized carbons (Fsp3) is 0.450. The Hall–Kier alpha value is -2.54. The highest BCUT2D eigenvalue weighted by atomic mass is 19.1. The summed E-state index contributed by atoms with van der Waals surface area (Å²) in [6.45, 7) is 6.80. The van der Waals surface area contributed by atoms with Crippen molar-refractivity contribution in [1.29, 1.82) is 0 Å². The van der Waals surface area contributed by atoms with E-state index in [1.165, 1.54) is 19.2 Å². The Morgan fingerprint density at radius 1 is 1.22 bits per heavy atom. The van der Waals surface area contributed by atoms with E-state index in [2.05, 4.69) is 16.8 Å². The number of ether oxygens (including phenoxy) is 1. The van der Waals surface area contributed by atoms with Crippen LogP contribution in [0.1, 0.15) is 18.2 Å². The summed E-state index contributed by atoms with van der Waals surface area (Å²) >= 11 is 0. The van der Waals surface area contributed by atoms with Crippen LogP contribution in [0.4, 0.5) is 10.2 Å². The lowest BCUT2D eigenvalue weighted by Crippen LogP contribution is -2.50. The monoisotopic (exact) mass is 372 g/mol. The van der Waals surface area contributed by atoms with Crippen molar-refractivity contribution in [3.63, 3.8) is 0 Å². The van der Waals surface area contributed by atoms with Gasteiger partial charge in [-0.15, -0.1) is 0 Å². The van der Waals surface area contributed by atoms with Gasteiger partial charge < -0.3 is 14.5 Å². The Kier molecular flexibility index (Phi) is 6.01. The normalized spacial score (nSPS) is 14.5. The number of carbonyl (C=O) groups is 1. The van der Waals surface area contributed by atoms with Crippen LogP contribution in [0.5, 0.6) is 0 Å². The number of amides is 1. The molecule has 6 nitrogen and oxygen atoms in total. The van der Waals surface area contributed by atoms with Gasteiger partial charge in [-0.2, -0.15) is 0 Å². The SMILES string of the molecule is CCc1c(C)nc(-c2cccc(F)c2)nc1N1CCN(C(=O)COC)CC1. The molecular formula is C20H25FN4O2. The minimum Gasteiger partial charge on any atom is -0.375 e. The van der Waals surface area contributed by atoms with Crippen molar-refractivity contribution in [3.8, 4) is 11.4 Å². The van der Waals surface area contributed by atoms with E-state index >= 15 is 0 Å². The quantitative estimate of drug-likeness (QED) is 0.807. The van der Waals surface area contributed by atoms with Crippen molar-refractivity contribution in [1.82, 2.24) is 14.9 Å². The molecule has 1 saturated heterocycles. The molecule has 0 saturated carbocycles. The molecule has 7 heteroatoms. The summed E-state index contributed by atoms with van der Waals surface area (Å²) < 4.78 is 18.6. The zero-order valence-electron chi connectivity index (χ0n) is 16.0. The predicted molar refractivity (Wildman–Crippen MR) is 102 cm³/mol. The molecular weight excluding hydrogens is 347 g/mol. The lowest BCUT2D eigenvalue weighted by Gasteiger charge is -2.36. The van der Waals surface area contributed by atoms with E-state index in [9.17, 15) is 9.18 Å². The number of methoxy groups -OCH3 is 1. The van der Waals surface area contributed by atoms with E-state index in [-0.39, 0.29) is 18.3 Å². The smallest absolute Gasteiger partial charge is 0.248 e. The van der Waals surface area contributed by atoms with Crippen molar-refractivity contribution >= 4 is 11.7 Å². The maximum absolute atomic E-state index is 13.6. The third-order valence-electron chi connectivity index (χ3n) is 4.83. The van der Waals surface area contributed by atoms with E-state index in [0.29, 0.717) is 37.6 Å². The first-order valence-electron chi connectivity index (χ1n) is 9.18. The second-order valence-electron chi connectivity index (χ2n) is 6.60. The van der Waals surface area contributed by atoms with Gasteiger partial charge in [0.15, 0.2) is 5.82 Å². The van der Waals surface area contributed by atoms with Crippen LogP contribution >= 0.6 is 0 Å². The van der Waals surface area contributed by atoms with Gasteiger partial charge in [0.05, 0.1) is 0 Å². The molecule has 0 bridgehead atoms. The van der Waals surface area contributed by atoms with Crippen LogP contribution in [-0.2, 0) is 16.0 Å². The molecule has 1 aliphatic rings. The third kappa shape index (κ3) is 4.24. The first kappa shape index (κ1) is 19.2. The second kappa shape index (κ2) is 8.43. The second-order valence-corrected chi connectivity index (χ2v) is 6.60. The van der Waals surface area contributed by atoms with Crippen LogP contribution in [-0.4, -0.2) is 60.7 Å². The largest absolute Gasteiger partial charge is 0.375 e. The summed E-state index contributed by atoms with van der Waals surface area (Å²) in [5.74, 6) is 1.10. The summed E-state index contributed by atoms with van der Waals surface area (Å²) in [6.07, 6.45) is 0.813. The van der Waals surface area contributed by atoms with Gasteiger partial charge in [0.25, 0.3) is 0 Å². The molecule has 3 rings (SSSR count). The topological polar surface area (TPSA) is 58.6 Å². The first-order chi connectivity index (χ1) is 13.0. The number of rotatable bonds is 5. The summed E-state index contributed by atoms with van der Waals surface area (Å²) in [5.41, 5.74) is 2.65. The number of hydrogen-bond donors (Lipinski definition) is 0. The maximum atomic E-state index is 13.6. The average Bonchev–Trinajstić information content (AvgIpc) is 2.67. The molecule has 1 aliphatic heterocycles. The lowest BCUT2D eigenvalue weighted by atomic mass is 10.1. The zero-order chi connectivity index (χ0) is 19.4. The molecule has 0 radical (unpaired) electrons. The van der Waals surface area contributed by atoms with Crippen LogP contribution in [0.3, 0.4) is 0 Å². The van der Waals surface area contributed by atoms with Crippen molar-refractivity contribution in [2.45, 2.75) is 20.3 Å². The highest BCUT2D eigenvalue weighted by Crippen LogP contribution is 2.27.